The lowest BCUT2D eigenvalue weighted by Crippen LogP contribution is -2.31. The molecule has 0 radical (unpaired) electrons. The summed E-state index contributed by atoms with van der Waals surface area (Å²) in [7, 11) is 0. The van der Waals surface area contributed by atoms with Gasteiger partial charge in [-0.15, -0.1) is 0 Å². The van der Waals surface area contributed by atoms with Gasteiger partial charge in [0, 0.05) is 16.9 Å². The standard InChI is InChI=1S/C13H13N4O3S/c1-8-12(9(2)19-15-8)13-14-10(16-20-13)7-21-11-5-3-4-6-17(11)18/h3-6,18H,7H2,1-2H3/q+1. The molecule has 0 aliphatic rings. The molecule has 0 aliphatic heterocycles. The van der Waals surface area contributed by atoms with E-state index in [2.05, 4.69) is 15.3 Å². The molecule has 0 amide bonds. The van der Waals surface area contributed by atoms with Gasteiger partial charge in [-0.1, -0.05) is 10.3 Å². The molecule has 8 heteroatoms. The number of thioether (sulfide) groups is 1. The van der Waals surface area contributed by atoms with Gasteiger partial charge in [0.25, 0.3) is 10.9 Å². The smallest absolute Gasteiger partial charge is 0.291 e. The highest BCUT2D eigenvalue weighted by molar-refractivity contribution is 7.98. The van der Waals surface area contributed by atoms with Crippen LogP contribution in [0.3, 0.4) is 0 Å². The van der Waals surface area contributed by atoms with E-state index in [1.54, 1.807) is 25.3 Å². The van der Waals surface area contributed by atoms with E-state index in [4.69, 9.17) is 9.05 Å². The summed E-state index contributed by atoms with van der Waals surface area (Å²) in [4.78, 5) is 4.33. The highest BCUT2D eigenvalue weighted by Crippen LogP contribution is 2.26. The average Bonchev–Trinajstić information content (AvgIpc) is 3.05. The third-order valence-electron chi connectivity index (χ3n) is 2.87. The summed E-state index contributed by atoms with van der Waals surface area (Å²) >= 11 is 1.41. The molecule has 3 rings (SSSR count). The zero-order valence-electron chi connectivity index (χ0n) is 11.5. The summed E-state index contributed by atoms with van der Waals surface area (Å²) in [6.45, 7) is 3.62. The topological polar surface area (TPSA) is 89.1 Å². The van der Waals surface area contributed by atoms with Crippen molar-refractivity contribution in [3.8, 4) is 11.5 Å². The van der Waals surface area contributed by atoms with Gasteiger partial charge >= 0.3 is 0 Å². The molecule has 7 nitrogen and oxygen atoms in total. The van der Waals surface area contributed by atoms with Gasteiger partial charge in [0.2, 0.25) is 6.20 Å². The molecule has 3 aromatic rings. The van der Waals surface area contributed by atoms with Crippen molar-refractivity contribution in [3.63, 3.8) is 0 Å². The quantitative estimate of drug-likeness (QED) is 0.449. The van der Waals surface area contributed by atoms with Crippen LogP contribution in [0.4, 0.5) is 0 Å². The largest absolute Gasteiger partial charge is 0.361 e. The Balaban J connectivity index is 1.76. The van der Waals surface area contributed by atoms with Crippen LogP contribution in [-0.4, -0.2) is 20.5 Å². The second kappa shape index (κ2) is 5.57. The minimum atomic E-state index is 0.395. The first-order valence-corrected chi connectivity index (χ1v) is 7.22. The molecular weight excluding hydrogens is 292 g/mol. The van der Waals surface area contributed by atoms with Gasteiger partial charge in [0.15, 0.2) is 5.82 Å². The lowest BCUT2D eigenvalue weighted by Gasteiger charge is -1.93. The molecule has 0 atom stereocenters. The van der Waals surface area contributed by atoms with Crippen LogP contribution in [0.5, 0.6) is 0 Å². The van der Waals surface area contributed by atoms with E-state index >= 15 is 0 Å². The Morgan fingerprint density at radius 1 is 1.24 bits per heavy atom. The van der Waals surface area contributed by atoms with Gasteiger partial charge in [-0.3, -0.25) is 5.21 Å². The maximum Gasteiger partial charge on any atom is 0.291 e. The first-order valence-electron chi connectivity index (χ1n) is 6.23. The molecule has 0 fully saturated rings. The van der Waals surface area contributed by atoms with E-state index in [1.807, 2.05) is 13.0 Å². The minimum absolute atomic E-state index is 0.395. The van der Waals surface area contributed by atoms with Crippen molar-refractivity contribution >= 4 is 11.8 Å². The fourth-order valence-electron chi connectivity index (χ4n) is 1.87. The number of rotatable bonds is 4. The third-order valence-corrected chi connectivity index (χ3v) is 3.89. The van der Waals surface area contributed by atoms with E-state index in [1.165, 1.54) is 11.8 Å². The predicted molar refractivity (Wildman–Crippen MR) is 72.7 cm³/mol. The second-order valence-electron chi connectivity index (χ2n) is 4.39. The fraction of sp³-hybridized carbons (Fsp3) is 0.231. The summed E-state index contributed by atoms with van der Waals surface area (Å²) in [6, 6.07) is 5.40. The van der Waals surface area contributed by atoms with Crippen LogP contribution in [0.15, 0.2) is 38.5 Å². The highest BCUT2D eigenvalue weighted by Gasteiger charge is 2.19. The molecule has 0 spiro atoms. The molecule has 0 saturated carbocycles. The van der Waals surface area contributed by atoms with Crippen molar-refractivity contribution in [2.45, 2.75) is 24.6 Å². The maximum absolute atomic E-state index is 9.63. The average molecular weight is 305 g/mol. The molecule has 1 N–H and O–H groups in total. The number of aromatic nitrogens is 4. The molecule has 3 aromatic heterocycles. The van der Waals surface area contributed by atoms with Gasteiger partial charge in [0.1, 0.15) is 11.3 Å². The monoisotopic (exact) mass is 305 g/mol. The maximum atomic E-state index is 9.63. The van der Waals surface area contributed by atoms with Crippen molar-refractivity contribution in [3.05, 3.63) is 41.7 Å². The fourth-order valence-corrected chi connectivity index (χ4v) is 2.64. The van der Waals surface area contributed by atoms with E-state index in [0.29, 0.717) is 33.9 Å². The molecule has 0 saturated heterocycles. The van der Waals surface area contributed by atoms with Gasteiger partial charge in [0.05, 0.1) is 11.4 Å². The summed E-state index contributed by atoms with van der Waals surface area (Å²) in [5.41, 5.74) is 1.45. The number of nitrogens with zero attached hydrogens (tertiary/aromatic N) is 4. The molecule has 0 bridgehead atoms. The predicted octanol–water partition coefficient (Wildman–Crippen LogP) is 2.16. The van der Waals surface area contributed by atoms with Gasteiger partial charge in [-0.2, -0.15) is 4.98 Å². The highest BCUT2D eigenvalue weighted by atomic mass is 32.2. The Hall–Kier alpha value is -2.35. The summed E-state index contributed by atoms with van der Waals surface area (Å²) in [5, 5.41) is 18.1. The lowest BCUT2D eigenvalue weighted by molar-refractivity contribution is -0.932. The van der Waals surface area contributed by atoms with Crippen LogP contribution in [-0.2, 0) is 5.75 Å². The van der Waals surface area contributed by atoms with Gasteiger partial charge in [-0.05, 0) is 31.7 Å². The van der Waals surface area contributed by atoms with Crippen LogP contribution >= 0.6 is 11.8 Å². The van der Waals surface area contributed by atoms with Crippen molar-refractivity contribution in [1.82, 2.24) is 15.3 Å². The Labute approximate surface area is 124 Å². The molecule has 3 heterocycles. The van der Waals surface area contributed by atoms with E-state index in [-0.39, 0.29) is 0 Å². The Bertz CT molecular complexity index is 749. The number of aryl methyl sites for hydroxylation is 2. The molecule has 108 valence electrons. The second-order valence-corrected chi connectivity index (χ2v) is 5.38. The summed E-state index contributed by atoms with van der Waals surface area (Å²) in [5.74, 6) is 2.06. The van der Waals surface area contributed by atoms with Crippen molar-refractivity contribution in [2.75, 3.05) is 0 Å². The zero-order chi connectivity index (χ0) is 14.8. The molecule has 0 aliphatic carbocycles. The molecule has 0 unspecified atom stereocenters. The molecule has 0 aromatic carbocycles. The normalized spacial score (nSPS) is 11.0. The van der Waals surface area contributed by atoms with Gasteiger partial charge in [-0.25, -0.2) is 0 Å². The van der Waals surface area contributed by atoms with Crippen LogP contribution in [0.1, 0.15) is 17.3 Å². The van der Waals surface area contributed by atoms with Gasteiger partial charge < -0.3 is 9.05 Å². The van der Waals surface area contributed by atoms with Crippen LogP contribution < -0.4 is 4.73 Å². The van der Waals surface area contributed by atoms with Crippen molar-refractivity contribution < 1.29 is 19.0 Å². The lowest BCUT2D eigenvalue weighted by atomic mass is 10.2. The third kappa shape index (κ3) is 2.75. The summed E-state index contributed by atoms with van der Waals surface area (Å²) < 4.78 is 11.4. The van der Waals surface area contributed by atoms with Crippen LogP contribution in [0, 0.1) is 13.8 Å². The zero-order valence-corrected chi connectivity index (χ0v) is 12.3. The first kappa shape index (κ1) is 13.6. The Kier molecular flexibility index (Phi) is 3.61. The molecule has 21 heavy (non-hydrogen) atoms. The number of pyridine rings is 1. The van der Waals surface area contributed by atoms with E-state index < -0.39 is 0 Å². The first-order chi connectivity index (χ1) is 10.1. The van der Waals surface area contributed by atoms with E-state index in [0.717, 1.165) is 10.3 Å². The van der Waals surface area contributed by atoms with Crippen LogP contribution in [0.2, 0.25) is 0 Å². The van der Waals surface area contributed by atoms with E-state index in [9.17, 15) is 5.21 Å². The Morgan fingerprint density at radius 3 is 2.81 bits per heavy atom. The molecular formula is C13H13N4O3S+. The minimum Gasteiger partial charge on any atom is -0.361 e. The van der Waals surface area contributed by atoms with Crippen molar-refractivity contribution in [1.29, 1.82) is 0 Å². The van der Waals surface area contributed by atoms with Crippen LogP contribution in [0.25, 0.3) is 11.5 Å². The Morgan fingerprint density at radius 2 is 2.10 bits per heavy atom. The summed E-state index contributed by atoms with van der Waals surface area (Å²) in [6.07, 6.45) is 1.56. The SMILES string of the molecule is Cc1noc(C)c1-c1nc(CSc2cccc[n+]2O)no1. The number of hydrogen-bond acceptors (Lipinski definition) is 7. The van der Waals surface area contributed by atoms with Crippen molar-refractivity contribution in [2.24, 2.45) is 0 Å². The number of hydrogen-bond donors (Lipinski definition) is 1.